The van der Waals surface area contributed by atoms with Crippen LogP contribution in [0.25, 0.3) is 0 Å². The van der Waals surface area contributed by atoms with Crippen molar-refractivity contribution < 1.29 is 21.6 Å². The summed E-state index contributed by atoms with van der Waals surface area (Å²) in [5.41, 5.74) is 1.45. The number of nitrogens with one attached hydrogen (secondary N) is 1. The highest BCUT2D eigenvalue weighted by atomic mass is 32.2. The topological polar surface area (TPSA) is 116 Å². The summed E-state index contributed by atoms with van der Waals surface area (Å²) in [6.45, 7) is 5.41. The Bertz CT molecular complexity index is 999. The Morgan fingerprint density at radius 3 is 2.28 bits per heavy atom. The number of anilines is 1. The molecule has 0 saturated carbocycles. The number of nitrogens with two attached hydrogens (primary N) is 1. The number of benzene rings is 2. The van der Waals surface area contributed by atoms with E-state index in [0.29, 0.717) is 5.56 Å². The molecule has 0 aromatic heterocycles. The van der Waals surface area contributed by atoms with Crippen molar-refractivity contribution in [3.8, 4) is 5.75 Å². The second kappa shape index (κ2) is 7.03. The molecule has 0 aliphatic carbocycles. The van der Waals surface area contributed by atoms with Crippen LogP contribution in [0.3, 0.4) is 0 Å². The second-order valence-corrected chi connectivity index (χ2v) is 8.69. The molecule has 0 radical (unpaired) electrons. The van der Waals surface area contributed by atoms with Crippen molar-refractivity contribution in [2.75, 3.05) is 11.3 Å². The first-order valence-corrected chi connectivity index (χ1v) is 10.5. The molecular formula is C16H20N2O5S2. The predicted octanol–water partition coefficient (Wildman–Crippen LogP) is 2.15. The zero-order chi connectivity index (χ0) is 18.8. The molecule has 0 unspecified atom stereocenters. The summed E-state index contributed by atoms with van der Waals surface area (Å²) in [7, 11) is -7.95. The first-order valence-electron chi connectivity index (χ1n) is 7.44. The predicted molar refractivity (Wildman–Crippen MR) is 95.7 cm³/mol. The van der Waals surface area contributed by atoms with Crippen molar-refractivity contribution in [2.45, 2.75) is 30.6 Å². The lowest BCUT2D eigenvalue weighted by atomic mass is 10.2. The first-order chi connectivity index (χ1) is 11.5. The van der Waals surface area contributed by atoms with E-state index in [4.69, 9.17) is 9.88 Å². The molecule has 0 heterocycles. The van der Waals surface area contributed by atoms with Crippen LogP contribution in [0.5, 0.6) is 5.75 Å². The van der Waals surface area contributed by atoms with E-state index in [2.05, 4.69) is 4.72 Å². The molecule has 136 valence electrons. The molecule has 7 nitrogen and oxygen atoms in total. The van der Waals surface area contributed by atoms with Crippen LogP contribution in [0.2, 0.25) is 0 Å². The highest BCUT2D eigenvalue weighted by molar-refractivity contribution is 7.92. The van der Waals surface area contributed by atoms with Crippen LogP contribution in [0.1, 0.15) is 18.1 Å². The highest BCUT2D eigenvalue weighted by Gasteiger charge is 2.20. The van der Waals surface area contributed by atoms with Crippen LogP contribution < -0.4 is 14.6 Å². The minimum absolute atomic E-state index is 0.0692. The van der Waals surface area contributed by atoms with E-state index in [-0.39, 0.29) is 27.8 Å². The molecule has 3 N–H and O–H groups in total. The zero-order valence-electron chi connectivity index (χ0n) is 14.1. The summed E-state index contributed by atoms with van der Waals surface area (Å²) in [5.74, 6) is 0.0692. The van der Waals surface area contributed by atoms with Crippen LogP contribution >= 0.6 is 0 Å². The molecule has 0 atom stereocenters. The van der Waals surface area contributed by atoms with Gasteiger partial charge >= 0.3 is 0 Å². The smallest absolute Gasteiger partial charge is 0.262 e. The van der Waals surface area contributed by atoms with Gasteiger partial charge in [-0.25, -0.2) is 22.0 Å². The van der Waals surface area contributed by atoms with Crippen molar-refractivity contribution in [1.29, 1.82) is 0 Å². The number of rotatable bonds is 6. The third-order valence-corrected chi connectivity index (χ3v) is 5.89. The van der Waals surface area contributed by atoms with Crippen LogP contribution in [0.15, 0.2) is 46.2 Å². The lowest BCUT2D eigenvalue weighted by molar-refractivity contribution is 0.331. The van der Waals surface area contributed by atoms with Crippen LogP contribution in [0.4, 0.5) is 5.69 Å². The second-order valence-electron chi connectivity index (χ2n) is 5.51. The molecule has 0 bridgehead atoms. The molecule has 2 rings (SSSR count). The molecule has 0 saturated heterocycles. The van der Waals surface area contributed by atoms with Gasteiger partial charge in [0.1, 0.15) is 10.6 Å². The molecule has 0 aliphatic rings. The summed E-state index contributed by atoms with van der Waals surface area (Å²) >= 11 is 0. The van der Waals surface area contributed by atoms with Crippen molar-refractivity contribution in [3.63, 3.8) is 0 Å². The lowest BCUT2D eigenvalue weighted by Crippen LogP contribution is -2.17. The van der Waals surface area contributed by atoms with Gasteiger partial charge in [-0.1, -0.05) is 12.1 Å². The van der Waals surface area contributed by atoms with Gasteiger partial charge in [0.25, 0.3) is 10.0 Å². The third kappa shape index (κ3) is 4.50. The van der Waals surface area contributed by atoms with Gasteiger partial charge in [-0.15, -0.1) is 0 Å². The number of primary sulfonamides is 1. The summed E-state index contributed by atoms with van der Waals surface area (Å²) in [6.07, 6.45) is 0. The fourth-order valence-electron chi connectivity index (χ4n) is 2.28. The quantitative estimate of drug-likeness (QED) is 0.792. The Balaban J connectivity index is 2.48. The monoisotopic (exact) mass is 384 g/mol. The van der Waals surface area contributed by atoms with Gasteiger partial charge in [0.05, 0.1) is 17.2 Å². The minimum Gasteiger partial charge on any atom is -0.492 e. The maximum absolute atomic E-state index is 12.6. The Morgan fingerprint density at radius 1 is 1.00 bits per heavy atom. The molecule has 0 spiro atoms. The SMILES string of the molecule is CCOc1ccc(NS(=O)(=O)c2cc(C)ccc2C)cc1S(N)(=O)=O. The van der Waals surface area contributed by atoms with Crippen molar-refractivity contribution in [2.24, 2.45) is 5.14 Å². The normalized spacial score (nSPS) is 12.0. The van der Waals surface area contributed by atoms with E-state index < -0.39 is 20.0 Å². The van der Waals surface area contributed by atoms with E-state index >= 15 is 0 Å². The fraction of sp³-hybridized carbons (Fsp3) is 0.250. The lowest BCUT2D eigenvalue weighted by Gasteiger charge is -2.14. The van der Waals surface area contributed by atoms with E-state index in [1.807, 2.05) is 6.07 Å². The molecule has 25 heavy (non-hydrogen) atoms. The average molecular weight is 384 g/mol. The maximum atomic E-state index is 12.6. The molecule has 0 amide bonds. The van der Waals surface area contributed by atoms with Gasteiger partial charge in [-0.2, -0.15) is 0 Å². The van der Waals surface area contributed by atoms with Crippen LogP contribution in [-0.4, -0.2) is 23.4 Å². The van der Waals surface area contributed by atoms with Crippen LogP contribution in [0, 0.1) is 13.8 Å². The summed E-state index contributed by atoms with van der Waals surface area (Å²) in [4.78, 5) is -0.158. The van der Waals surface area contributed by atoms with Crippen LogP contribution in [-0.2, 0) is 20.0 Å². The van der Waals surface area contributed by atoms with Gasteiger partial charge in [0.15, 0.2) is 0 Å². The first kappa shape index (κ1) is 19.2. The van der Waals surface area contributed by atoms with Crippen molar-refractivity contribution in [1.82, 2.24) is 0 Å². The number of hydrogen-bond donors (Lipinski definition) is 2. The molecule has 9 heteroatoms. The highest BCUT2D eigenvalue weighted by Crippen LogP contribution is 2.28. The number of aryl methyl sites for hydroxylation is 2. The van der Waals surface area contributed by atoms with E-state index in [1.165, 1.54) is 12.1 Å². The van der Waals surface area contributed by atoms with E-state index in [1.54, 1.807) is 32.9 Å². The Labute approximate surface area is 147 Å². The van der Waals surface area contributed by atoms with Crippen molar-refractivity contribution >= 4 is 25.7 Å². The standard InChI is InChI=1S/C16H20N2O5S2/c1-4-23-14-8-7-13(10-16(14)24(17,19)20)18-25(21,22)15-9-11(2)5-6-12(15)3/h5-10,18H,4H2,1-3H3,(H2,17,19,20). The Hall–Kier alpha value is -2.10. The molecule has 0 aliphatic heterocycles. The average Bonchev–Trinajstić information content (AvgIpc) is 2.50. The number of ether oxygens (including phenoxy) is 1. The Kier molecular flexibility index (Phi) is 5.40. The summed E-state index contributed by atoms with van der Waals surface area (Å²) < 4.78 is 56.3. The summed E-state index contributed by atoms with van der Waals surface area (Å²) in [5, 5.41) is 5.19. The third-order valence-electron chi connectivity index (χ3n) is 3.44. The van der Waals surface area contributed by atoms with Gasteiger partial charge in [0.2, 0.25) is 10.0 Å². The Morgan fingerprint density at radius 2 is 1.68 bits per heavy atom. The van der Waals surface area contributed by atoms with Gasteiger partial charge in [-0.3, -0.25) is 4.72 Å². The maximum Gasteiger partial charge on any atom is 0.262 e. The van der Waals surface area contributed by atoms with Crippen molar-refractivity contribution in [3.05, 3.63) is 47.5 Å². The molecule has 2 aromatic carbocycles. The summed E-state index contributed by atoms with van der Waals surface area (Å²) in [6, 6.07) is 8.99. The van der Waals surface area contributed by atoms with E-state index in [9.17, 15) is 16.8 Å². The van der Waals surface area contributed by atoms with Gasteiger partial charge in [-0.05, 0) is 56.2 Å². The number of hydrogen-bond acceptors (Lipinski definition) is 5. The molecular weight excluding hydrogens is 364 g/mol. The molecule has 0 fully saturated rings. The zero-order valence-corrected chi connectivity index (χ0v) is 15.7. The van der Waals surface area contributed by atoms with Gasteiger partial charge < -0.3 is 4.74 Å². The minimum atomic E-state index is -4.07. The molecule has 2 aromatic rings. The number of sulfonamides is 2. The fourth-order valence-corrected chi connectivity index (χ4v) is 4.35. The van der Waals surface area contributed by atoms with Gasteiger partial charge in [0, 0.05) is 0 Å². The largest absolute Gasteiger partial charge is 0.492 e. The van der Waals surface area contributed by atoms with E-state index in [0.717, 1.165) is 11.6 Å².